The van der Waals surface area contributed by atoms with Gasteiger partial charge in [-0.3, -0.25) is 9.59 Å². The van der Waals surface area contributed by atoms with Crippen molar-refractivity contribution >= 4 is 38.3 Å². The van der Waals surface area contributed by atoms with Crippen LogP contribution in [0.1, 0.15) is 81.6 Å². The Balaban J connectivity index is 0. The van der Waals surface area contributed by atoms with E-state index in [1.807, 2.05) is 13.8 Å². The first-order valence-corrected chi connectivity index (χ1v) is 20.1. The fraction of sp³-hybridized carbons (Fsp3) is 0.853. The maximum absolute atomic E-state index is 13.0. The number of carbonyl (C=O) groups is 5. The van der Waals surface area contributed by atoms with Crippen LogP contribution in [-0.2, 0) is 61.5 Å². The van der Waals surface area contributed by atoms with E-state index in [0.717, 1.165) is 33.0 Å². The van der Waals surface area contributed by atoms with Crippen LogP contribution in [0.25, 0.3) is 0 Å². The van der Waals surface area contributed by atoms with Gasteiger partial charge in [0.05, 0.1) is 19.8 Å². The van der Waals surface area contributed by atoms with Gasteiger partial charge in [-0.1, -0.05) is 20.8 Å². The fourth-order valence-electron chi connectivity index (χ4n) is 3.35. The van der Waals surface area contributed by atoms with E-state index in [1.54, 1.807) is 0 Å². The first-order chi connectivity index (χ1) is 23.3. The minimum Gasteiger partial charge on any atom is -0.463 e. The number of nitrogens with one attached hydrogen (secondary N) is 1. The smallest absolute Gasteiger partial charge is 0.407 e. The molecular formula is C34H65NO14Si. The molecule has 1 N–H and O–H groups in total. The third kappa shape index (κ3) is 23.6. The second-order valence-corrected chi connectivity index (χ2v) is 18.0. The first kappa shape index (κ1) is 49.3. The average Bonchev–Trinajstić information content (AvgIpc) is 3.03. The Morgan fingerprint density at radius 3 is 1.82 bits per heavy atom. The molecule has 50 heavy (non-hydrogen) atoms. The van der Waals surface area contributed by atoms with Gasteiger partial charge in [-0.05, 0) is 72.0 Å². The van der Waals surface area contributed by atoms with Gasteiger partial charge < -0.3 is 47.6 Å². The van der Waals surface area contributed by atoms with Crippen LogP contribution in [-0.4, -0.2) is 124 Å². The second kappa shape index (κ2) is 26.9. The number of hydrogen-bond acceptors (Lipinski definition) is 14. The van der Waals surface area contributed by atoms with Crippen LogP contribution in [0, 0.1) is 5.41 Å². The van der Waals surface area contributed by atoms with E-state index in [2.05, 4.69) is 39.2 Å². The third-order valence-electron chi connectivity index (χ3n) is 7.51. The van der Waals surface area contributed by atoms with Gasteiger partial charge in [0.15, 0.2) is 20.5 Å². The van der Waals surface area contributed by atoms with Gasteiger partial charge in [-0.2, -0.15) is 0 Å². The molecule has 0 aliphatic carbocycles. The summed E-state index contributed by atoms with van der Waals surface area (Å²) >= 11 is 0. The summed E-state index contributed by atoms with van der Waals surface area (Å²) in [6.45, 7) is 22.4. The van der Waals surface area contributed by atoms with Crippen LogP contribution < -0.4 is 5.32 Å². The number of amides is 1. The number of methoxy groups -OCH3 is 1. The van der Waals surface area contributed by atoms with E-state index in [0.29, 0.717) is 32.8 Å². The van der Waals surface area contributed by atoms with E-state index in [9.17, 15) is 24.0 Å². The van der Waals surface area contributed by atoms with Crippen LogP contribution in [0.15, 0.2) is 0 Å². The molecule has 0 saturated carbocycles. The molecule has 1 unspecified atom stereocenters. The quantitative estimate of drug-likeness (QED) is 0.0629. The normalized spacial score (nSPS) is 13.8. The third-order valence-corrected chi connectivity index (χ3v) is 12.0. The second-order valence-electron chi connectivity index (χ2n) is 13.2. The molecule has 15 nitrogen and oxygen atoms in total. The molecule has 0 aromatic rings. The molecule has 3 atom stereocenters. The largest absolute Gasteiger partial charge is 0.463 e. The van der Waals surface area contributed by atoms with Gasteiger partial charge >= 0.3 is 30.0 Å². The van der Waals surface area contributed by atoms with E-state index in [4.69, 9.17) is 42.3 Å². The molecule has 0 radical (unpaired) electrons. The van der Waals surface area contributed by atoms with Crippen molar-refractivity contribution in [1.29, 1.82) is 0 Å². The van der Waals surface area contributed by atoms with Crippen LogP contribution in [0.5, 0.6) is 0 Å². The Bertz CT molecular complexity index is 985. The maximum atomic E-state index is 13.0. The van der Waals surface area contributed by atoms with Crippen molar-refractivity contribution in [2.24, 2.45) is 5.41 Å². The van der Waals surface area contributed by atoms with Gasteiger partial charge in [0.25, 0.3) is 0 Å². The molecule has 294 valence electrons. The van der Waals surface area contributed by atoms with E-state index in [1.165, 1.54) is 27.9 Å². The molecular weight excluding hydrogens is 674 g/mol. The molecule has 0 aromatic carbocycles. The zero-order valence-corrected chi connectivity index (χ0v) is 33.6. The van der Waals surface area contributed by atoms with Crippen LogP contribution in [0.2, 0.25) is 18.1 Å². The predicted octanol–water partition coefficient (Wildman–Crippen LogP) is 4.59. The summed E-state index contributed by atoms with van der Waals surface area (Å²) in [4.78, 5) is 61.0. The standard InChI is InChI=1S/C30H55NO13Si.C4H10O/c1-22(44-26(34)23(2)43-24(3)32)25(33)40-20-30(7,27(35)39-19-18-38-17-16-37-8)21-41-28(36)31-14-12-11-13-15-42-45(9,10)29(4,5)6;1-3-5-4-2/h22-23H,11-21H2,1-10H3,(H,31,36);3-4H2,1-2H3/t22-,23+,30?;/m0./s1. The highest BCUT2D eigenvalue weighted by atomic mass is 28.4. The highest BCUT2D eigenvalue weighted by molar-refractivity contribution is 6.74. The molecule has 0 fully saturated rings. The van der Waals surface area contributed by atoms with Crippen molar-refractivity contribution in [3.8, 4) is 0 Å². The maximum Gasteiger partial charge on any atom is 0.407 e. The monoisotopic (exact) mass is 739 g/mol. The summed E-state index contributed by atoms with van der Waals surface area (Å²) in [5, 5.41) is 2.79. The minimum atomic E-state index is -1.79. The molecule has 0 rings (SSSR count). The molecule has 0 bridgehead atoms. The summed E-state index contributed by atoms with van der Waals surface area (Å²) in [5.41, 5.74) is -1.59. The van der Waals surface area contributed by atoms with Crippen molar-refractivity contribution in [2.75, 3.05) is 73.1 Å². The number of esters is 4. The topological polar surface area (TPSA) is 180 Å². The number of ether oxygens (including phenoxy) is 8. The number of rotatable bonds is 24. The zero-order chi connectivity index (χ0) is 38.8. The summed E-state index contributed by atoms with van der Waals surface area (Å²) < 4.78 is 46.7. The van der Waals surface area contributed by atoms with Crippen molar-refractivity contribution < 1.29 is 66.3 Å². The summed E-state index contributed by atoms with van der Waals surface area (Å²) in [6, 6.07) is 0. The molecule has 0 aromatic heterocycles. The van der Waals surface area contributed by atoms with Crippen molar-refractivity contribution in [1.82, 2.24) is 5.32 Å². The van der Waals surface area contributed by atoms with Crippen molar-refractivity contribution in [3.05, 3.63) is 0 Å². The Morgan fingerprint density at radius 1 is 0.700 bits per heavy atom. The highest BCUT2D eigenvalue weighted by Crippen LogP contribution is 2.36. The van der Waals surface area contributed by atoms with Crippen LogP contribution >= 0.6 is 0 Å². The number of alkyl carbamates (subject to hydrolysis) is 1. The van der Waals surface area contributed by atoms with Crippen LogP contribution in [0.3, 0.4) is 0 Å². The summed E-state index contributed by atoms with van der Waals surface area (Å²) in [6.07, 6.45) is -0.924. The van der Waals surface area contributed by atoms with Crippen molar-refractivity contribution in [2.45, 2.75) is 112 Å². The lowest BCUT2D eigenvalue weighted by molar-refractivity contribution is -0.180. The van der Waals surface area contributed by atoms with Gasteiger partial charge in [0.1, 0.15) is 25.2 Å². The van der Waals surface area contributed by atoms with E-state index in [-0.39, 0.29) is 18.3 Å². The van der Waals surface area contributed by atoms with Gasteiger partial charge in [-0.15, -0.1) is 0 Å². The highest BCUT2D eigenvalue weighted by Gasteiger charge is 2.40. The average molecular weight is 740 g/mol. The van der Waals surface area contributed by atoms with E-state index < -0.39 is 69.1 Å². The molecule has 0 heterocycles. The fourth-order valence-corrected chi connectivity index (χ4v) is 4.44. The van der Waals surface area contributed by atoms with E-state index >= 15 is 0 Å². The van der Waals surface area contributed by atoms with Crippen LogP contribution in [0.4, 0.5) is 4.79 Å². The molecule has 0 aliphatic rings. The molecule has 1 amide bonds. The van der Waals surface area contributed by atoms with Crippen molar-refractivity contribution in [3.63, 3.8) is 0 Å². The predicted molar refractivity (Wildman–Crippen MR) is 188 cm³/mol. The lowest BCUT2D eigenvalue weighted by Crippen LogP contribution is -2.43. The zero-order valence-electron chi connectivity index (χ0n) is 32.6. The summed E-state index contributed by atoms with van der Waals surface area (Å²) in [7, 11) is -0.265. The number of hydrogen-bond donors (Lipinski definition) is 1. The Kier molecular flexibility index (Phi) is 26.6. The number of carbonyl (C=O) groups excluding carboxylic acids is 5. The van der Waals surface area contributed by atoms with Gasteiger partial charge in [0, 0.05) is 40.4 Å². The van der Waals surface area contributed by atoms with Gasteiger partial charge in [0.2, 0.25) is 0 Å². The van der Waals surface area contributed by atoms with Gasteiger partial charge in [-0.25, -0.2) is 14.4 Å². The Hall–Kier alpha value is -2.79. The Morgan fingerprint density at radius 2 is 1.28 bits per heavy atom. The minimum absolute atomic E-state index is 0.0977. The first-order valence-electron chi connectivity index (χ1n) is 17.2. The summed E-state index contributed by atoms with van der Waals surface area (Å²) in [5.74, 6) is -3.41. The molecule has 0 spiro atoms. The number of unbranched alkanes of at least 4 members (excludes halogenated alkanes) is 2. The lowest BCUT2D eigenvalue weighted by Gasteiger charge is -2.36. The SMILES string of the molecule is CCOCC.COCCOCCOC(=O)C(C)(COC(=O)NCCCCCO[Si](C)(C)C(C)(C)C)COC(=O)[C@H](C)OC(=O)[C@@H](C)OC(C)=O. The molecule has 16 heteroatoms. The Labute approximate surface area is 300 Å². The molecule has 0 aliphatic heterocycles. The lowest BCUT2D eigenvalue weighted by atomic mass is 9.93. The molecule has 0 saturated heterocycles.